The highest BCUT2D eigenvalue weighted by atomic mass is 31.2. The van der Waals surface area contributed by atoms with E-state index >= 15 is 0 Å². The Balaban J connectivity index is 4.23. The van der Waals surface area contributed by atoms with Crippen molar-refractivity contribution in [2.45, 2.75) is 161 Å². The Morgan fingerprint density at radius 3 is 1.74 bits per heavy atom. The number of rotatable bonds is 32. The maximum absolute atomic E-state index is 12.4. The number of unbranched alkanes of at least 4 members (excludes halogenated alkanes) is 17. The lowest BCUT2D eigenvalue weighted by Gasteiger charge is -2.19. The maximum Gasteiger partial charge on any atom is 0.472 e. The second-order valence-corrected chi connectivity index (χ2v) is 12.8. The van der Waals surface area contributed by atoms with Crippen molar-refractivity contribution >= 4 is 19.8 Å². The van der Waals surface area contributed by atoms with Crippen molar-refractivity contribution in [2.24, 2.45) is 5.73 Å². The van der Waals surface area contributed by atoms with Crippen LogP contribution in [0.5, 0.6) is 0 Å². The Morgan fingerprint density at radius 2 is 1.19 bits per heavy atom. The molecule has 1 unspecified atom stereocenters. The van der Waals surface area contributed by atoms with Gasteiger partial charge in [-0.25, -0.2) is 4.57 Å². The maximum atomic E-state index is 12.4. The molecule has 0 rings (SSSR count). The molecule has 43 heavy (non-hydrogen) atoms. The van der Waals surface area contributed by atoms with E-state index in [1.54, 1.807) is 0 Å². The third-order valence-corrected chi connectivity index (χ3v) is 8.15. The molecule has 0 aliphatic rings. The van der Waals surface area contributed by atoms with Crippen molar-refractivity contribution < 1.29 is 37.6 Å². The second kappa shape index (κ2) is 30.8. The number of carbonyl (C=O) groups excluding carboxylic acids is 2. The number of ether oxygens (including phenoxy) is 2. The van der Waals surface area contributed by atoms with Crippen LogP contribution in [0.1, 0.15) is 155 Å². The Bertz CT molecular complexity index is 734. The third kappa shape index (κ3) is 30.6. The third-order valence-electron chi connectivity index (χ3n) is 7.16. The van der Waals surface area contributed by atoms with Gasteiger partial charge in [-0.05, 0) is 25.7 Å². The van der Waals surface area contributed by atoms with Gasteiger partial charge in [-0.15, -0.1) is 0 Å². The fourth-order valence-corrected chi connectivity index (χ4v) is 5.36. The molecule has 0 amide bonds. The number of phosphoric acid groups is 1. The quantitative estimate of drug-likeness (QED) is 0.0323. The Hall–Kier alpha value is -1.25. The van der Waals surface area contributed by atoms with Gasteiger partial charge in [0.25, 0.3) is 0 Å². The predicted molar refractivity (Wildman–Crippen MR) is 174 cm³/mol. The molecule has 0 aliphatic heterocycles. The van der Waals surface area contributed by atoms with Gasteiger partial charge in [-0.3, -0.25) is 18.6 Å². The van der Waals surface area contributed by atoms with E-state index in [9.17, 15) is 19.0 Å². The molecule has 0 aliphatic carbocycles. The zero-order valence-corrected chi connectivity index (χ0v) is 28.3. The molecule has 0 aromatic rings. The summed E-state index contributed by atoms with van der Waals surface area (Å²) in [7, 11) is -4.36. The van der Waals surface area contributed by atoms with E-state index in [1.165, 1.54) is 83.5 Å². The molecule has 0 saturated heterocycles. The molecule has 2 atom stereocenters. The molecular weight excluding hydrogens is 569 g/mol. The first-order valence-corrected chi connectivity index (χ1v) is 18.7. The van der Waals surface area contributed by atoms with Gasteiger partial charge < -0.3 is 20.1 Å². The van der Waals surface area contributed by atoms with Gasteiger partial charge in [0.2, 0.25) is 0 Å². The average Bonchev–Trinajstić information content (AvgIpc) is 2.99. The fourth-order valence-electron chi connectivity index (χ4n) is 4.59. The van der Waals surface area contributed by atoms with Crippen LogP contribution in [-0.2, 0) is 32.7 Å². The van der Waals surface area contributed by atoms with Crippen molar-refractivity contribution in [2.75, 3.05) is 26.4 Å². The van der Waals surface area contributed by atoms with Gasteiger partial charge in [0.1, 0.15) is 6.61 Å². The van der Waals surface area contributed by atoms with E-state index in [4.69, 9.17) is 24.3 Å². The number of allylic oxidation sites excluding steroid dienone is 2. The number of carbonyl (C=O) groups is 2. The summed E-state index contributed by atoms with van der Waals surface area (Å²) >= 11 is 0. The highest BCUT2D eigenvalue weighted by Gasteiger charge is 2.25. The van der Waals surface area contributed by atoms with Crippen molar-refractivity contribution in [1.29, 1.82) is 0 Å². The smallest absolute Gasteiger partial charge is 0.462 e. The van der Waals surface area contributed by atoms with E-state index < -0.39 is 32.5 Å². The lowest BCUT2D eigenvalue weighted by Crippen LogP contribution is -2.29. The number of phosphoric ester groups is 1. The summed E-state index contributed by atoms with van der Waals surface area (Å²) in [6.45, 7) is 3.62. The van der Waals surface area contributed by atoms with Crippen LogP contribution in [0.2, 0.25) is 0 Å². The van der Waals surface area contributed by atoms with Gasteiger partial charge >= 0.3 is 19.8 Å². The highest BCUT2D eigenvalue weighted by molar-refractivity contribution is 7.47. The largest absolute Gasteiger partial charge is 0.472 e. The monoisotopic (exact) mass is 633 g/mol. The topological polar surface area (TPSA) is 134 Å². The van der Waals surface area contributed by atoms with Gasteiger partial charge in [-0.2, -0.15) is 0 Å². The van der Waals surface area contributed by atoms with Crippen LogP contribution in [-0.4, -0.2) is 49.3 Å². The minimum Gasteiger partial charge on any atom is -0.462 e. The van der Waals surface area contributed by atoms with Crippen LogP contribution < -0.4 is 5.73 Å². The van der Waals surface area contributed by atoms with Gasteiger partial charge in [0.15, 0.2) is 6.10 Å². The van der Waals surface area contributed by atoms with Crippen LogP contribution in [0, 0.1) is 0 Å². The SMILES string of the molecule is CCCCCCCCCCCCC/C=C/CCC(=O)OC[C@@H](COP(=O)(O)OCCN)OC(=O)CCCCCCCCC. The summed E-state index contributed by atoms with van der Waals surface area (Å²) in [5.74, 6) is -0.891. The Labute approximate surface area is 262 Å². The summed E-state index contributed by atoms with van der Waals surface area (Å²) < 4.78 is 32.4. The zero-order chi connectivity index (χ0) is 31.9. The number of hydrogen-bond donors (Lipinski definition) is 2. The van der Waals surface area contributed by atoms with E-state index in [0.29, 0.717) is 12.8 Å². The molecule has 0 aromatic carbocycles. The molecule has 0 aromatic heterocycles. The summed E-state index contributed by atoms with van der Waals surface area (Å²) in [6, 6.07) is 0. The molecule has 10 heteroatoms. The van der Waals surface area contributed by atoms with E-state index in [1.807, 2.05) is 6.08 Å². The van der Waals surface area contributed by atoms with Gasteiger partial charge in [0, 0.05) is 19.4 Å². The van der Waals surface area contributed by atoms with E-state index in [0.717, 1.165) is 32.1 Å². The van der Waals surface area contributed by atoms with Crippen molar-refractivity contribution in [3.63, 3.8) is 0 Å². The van der Waals surface area contributed by atoms with Crippen molar-refractivity contribution in [3.8, 4) is 0 Å². The van der Waals surface area contributed by atoms with Gasteiger partial charge in [0.05, 0.1) is 13.2 Å². The Morgan fingerprint density at radius 1 is 0.674 bits per heavy atom. The molecular formula is C33H64NO8P. The Kier molecular flexibility index (Phi) is 29.9. The molecule has 0 heterocycles. The van der Waals surface area contributed by atoms with Crippen molar-refractivity contribution in [1.82, 2.24) is 0 Å². The lowest BCUT2D eigenvalue weighted by atomic mass is 10.1. The molecule has 0 fully saturated rings. The molecule has 0 spiro atoms. The minimum absolute atomic E-state index is 0.0517. The number of hydrogen-bond acceptors (Lipinski definition) is 8. The normalized spacial score (nSPS) is 13.7. The average molecular weight is 634 g/mol. The fraction of sp³-hybridized carbons (Fsp3) is 0.879. The number of nitrogens with two attached hydrogens (primary N) is 1. The highest BCUT2D eigenvalue weighted by Crippen LogP contribution is 2.43. The summed E-state index contributed by atoms with van der Waals surface area (Å²) in [5, 5.41) is 0. The molecule has 0 saturated carbocycles. The van der Waals surface area contributed by atoms with E-state index in [2.05, 4.69) is 19.9 Å². The summed E-state index contributed by atoms with van der Waals surface area (Å²) in [5.41, 5.74) is 5.30. The summed E-state index contributed by atoms with van der Waals surface area (Å²) in [6.07, 6.45) is 27.1. The van der Waals surface area contributed by atoms with Crippen LogP contribution >= 0.6 is 7.82 Å². The van der Waals surface area contributed by atoms with Crippen LogP contribution in [0.25, 0.3) is 0 Å². The second-order valence-electron chi connectivity index (χ2n) is 11.4. The first-order chi connectivity index (χ1) is 20.8. The van der Waals surface area contributed by atoms with Gasteiger partial charge in [-0.1, -0.05) is 129 Å². The molecule has 0 radical (unpaired) electrons. The predicted octanol–water partition coefficient (Wildman–Crippen LogP) is 8.71. The standard InChI is InChI=1S/C33H64NO8P/c1-3-5-7-9-11-12-13-14-15-16-17-18-20-21-23-25-32(35)39-29-31(30-41-43(37,38)40-28-27-34)42-33(36)26-24-22-19-10-8-6-4-2/h20-21,31H,3-19,22-30,34H2,1-2H3,(H,37,38)/b21-20+/t31-/m0/s1. The molecule has 9 nitrogen and oxygen atoms in total. The number of esters is 2. The first kappa shape index (κ1) is 41.8. The van der Waals surface area contributed by atoms with Crippen LogP contribution in [0.3, 0.4) is 0 Å². The lowest BCUT2D eigenvalue weighted by molar-refractivity contribution is -0.161. The first-order valence-electron chi connectivity index (χ1n) is 17.2. The van der Waals surface area contributed by atoms with Crippen LogP contribution in [0.4, 0.5) is 0 Å². The van der Waals surface area contributed by atoms with E-state index in [-0.39, 0.29) is 32.6 Å². The van der Waals surface area contributed by atoms with Crippen molar-refractivity contribution in [3.05, 3.63) is 12.2 Å². The molecule has 0 bridgehead atoms. The summed E-state index contributed by atoms with van der Waals surface area (Å²) in [4.78, 5) is 34.4. The molecule has 3 N–H and O–H groups in total. The van der Waals surface area contributed by atoms with Crippen LogP contribution in [0.15, 0.2) is 12.2 Å². The minimum atomic E-state index is -4.36. The zero-order valence-electron chi connectivity index (χ0n) is 27.4. The molecule has 254 valence electrons.